The molecule has 7 heteroatoms. The molecule has 7 atom stereocenters. The van der Waals surface area contributed by atoms with Crippen molar-refractivity contribution in [1.29, 1.82) is 0 Å². The van der Waals surface area contributed by atoms with Crippen LogP contribution in [0.5, 0.6) is 0 Å². The smallest absolute Gasteiger partial charge is 0.122 e. The van der Waals surface area contributed by atoms with E-state index in [-0.39, 0.29) is 22.2 Å². The molecule has 0 radical (unpaired) electrons. The van der Waals surface area contributed by atoms with Crippen molar-refractivity contribution >= 4 is 81.2 Å². The highest BCUT2D eigenvalue weighted by atomic mass is 35.5. The summed E-state index contributed by atoms with van der Waals surface area (Å²) in [4.78, 5) is -2.27. The van der Waals surface area contributed by atoms with Gasteiger partial charge >= 0.3 is 0 Å². The van der Waals surface area contributed by atoms with Crippen molar-refractivity contribution < 1.29 is 0 Å². The maximum Gasteiger partial charge on any atom is 0.166 e. The van der Waals surface area contributed by atoms with E-state index in [1.807, 2.05) is 0 Å². The highest BCUT2D eigenvalue weighted by molar-refractivity contribution is 6.65. The number of hydrogen-bond acceptors (Lipinski definition) is 0. The van der Waals surface area contributed by atoms with Crippen LogP contribution in [0.25, 0.3) is 0 Å². The van der Waals surface area contributed by atoms with Gasteiger partial charge in [0.05, 0.1) is 10.1 Å². The first-order chi connectivity index (χ1) is 8.20. The lowest BCUT2D eigenvalue weighted by molar-refractivity contribution is 0.334. The molecule has 18 heavy (non-hydrogen) atoms. The maximum absolute atomic E-state index is 6.73. The summed E-state index contributed by atoms with van der Waals surface area (Å²) in [5.74, 6) is 0.738. The number of allylic oxidation sites excluding steroid dienone is 2. The Bertz CT molecular complexity index is 472. The van der Waals surface area contributed by atoms with Crippen LogP contribution in [0.15, 0.2) is 10.1 Å². The van der Waals surface area contributed by atoms with E-state index in [0.717, 1.165) is 6.42 Å². The average molecular weight is 387 g/mol. The van der Waals surface area contributed by atoms with Crippen LogP contribution in [0, 0.1) is 23.7 Å². The highest BCUT2D eigenvalue weighted by Gasteiger charge is 2.88. The molecule has 3 fully saturated rings. The molecule has 0 aromatic heterocycles. The van der Waals surface area contributed by atoms with Gasteiger partial charge in [-0.05, 0) is 24.2 Å². The van der Waals surface area contributed by atoms with Gasteiger partial charge < -0.3 is 0 Å². The van der Waals surface area contributed by atoms with Gasteiger partial charge in [-0.15, -0.1) is 34.8 Å². The first-order valence-electron chi connectivity index (χ1n) is 5.66. The van der Waals surface area contributed by atoms with Crippen molar-refractivity contribution in [2.45, 2.75) is 25.9 Å². The monoisotopic (exact) mass is 384 g/mol. The summed E-state index contributed by atoms with van der Waals surface area (Å²) in [7, 11) is 0. The molecule has 0 nitrogen and oxygen atoms in total. The van der Waals surface area contributed by atoms with Crippen LogP contribution in [0.4, 0.5) is 0 Å². The first-order valence-corrected chi connectivity index (χ1v) is 8.37. The molecule has 0 N–H and O–H groups in total. The van der Waals surface area contributed by atoms with E-state index < -0.39 is 14.1 Å². The van der Waals surface area contributed by atoms with Crippen LogP contribution in [-0.4, -0.2) is 19.5 Å². The predicted octanol–water partition coefficient (Wildman–Crippen LogP) is 5.32. The third-order valence-corrected chi connectivity index (χ3v) is 10.0. The second-order valence-electron chi connectivity index (χ2n) is 5.69. The summed E-state index contributed by atoms with van der Waals surface area (Å²) in [6, 6.07) is 0. The van der Waals surface area contributed by atoms with Crippen LogP contribution in [0.2, 0.25) is 0 Å². The lowest BCUT2D eigenvalue weighted by Crippen LogP contribution is -2.46. The zero-order chi connectivity index (χ0) is 13.2. The van der Waals surface area contributed by atoms with Crippen molar-refractivity contribution in [1.82, 2.24) is 0 Å². The lowest BCUT2D eigenvalue weighted by Gasteiger charge is -2.35. The Balaban J connectivity index is 2.01. The minimum absolute atomic E-state index is 0.00849. The van der Waals surface area contributed by atoms with E-state index in [1.54, 1.807) is 0 Å². The first kappa shape index (κ1) is 13.4. The molecule has 0 unspecified atom stereocenters. The minimum atomic E-state index is -1.42. The van der Waals surface area contributed by atoms with E-state index in [4.69, 9.17) is 81.2 Å². The number of fused-ring (bicyclic) bond motifs is 7. The Labute approximate surface area is 140 Å². The van der Waals surface area contributed by atoms with Crippen LogP contribution >= 0.6 is 81.2 Å². The fourth-order valence-electron chi connectivity index (χ4n) is 4.33. The Morgan fingerprint density at radius 3 is 1.89 bits per heavy atom. The van der Waals surface area contributed by atoms with Gasteiger partial charge in [0.2, 0.25) is 0 Å². The molecule has 2 bridgehead atoms. The van der Waals surface area contributed by atoms with E-state index in [9.17, 15) is 0 Å². The molecule has 0 saturated heterocycles. The SMILES string of the molecule is ClC1=C(Cl)[C@]2(Cl)[C@@H]3[C@H]4C[C@H]4[C@@H](Cl)[C@@H]3[C@@]1(Cl)C2(Cl)Cl. The van der Waals surface area contributed by atoms with E-state index in [1.165, 1.54) is 0 Å². The van der Waals surface area contributed by atoms with Crippen molar-refractivity contribution in [3.8, 4) is 0 Å². The molecule has 0 aliphatic heterocycles. The van der Waals surface area contributed by atoms with Crippen molar-refractivity contribution in [2.75, 3.05) is 0 Å². The molecule has 100 valence electrons. The van der Waals surface area contributed by atoms with Gasteiger partial charge in [-0.25, -0.2) is 0 Å². The van der Waals surface area contributed by atoms with Crippen LogP contribution in [0.1, 0.15) is 6.42 Å². The normalized spacial score (nSPS) is 63.2. The summed E-state index contributed by atoms with van der Waals surface area (Å²) in [5.41, 5.74) is 0. The summed E-state index contributed by atoms with van der Waals surface area (Å²) in [5, 5.41) is 0.469. The molecule has 3 saturated carbocycles. The second kappa shape index (κ2) is 3.40. The van der Waals surface area contributed by atoms with Gasteiger partial charge in [0.1, 0.15) is 9.75 Å². The fraction of sp³-hybridized carbons (Fsp3) is 0.818. The molecule has 0 aromatic carbocycles. The zero-order valence-electron chi connectivity index (χ0n) is 8.74. The zero-order valence-corrected chi connectivity index (χ0v) is 14.0. The largest absolute Gasteiger partial charge is 0.166 e. The molecule has 4 aliphatic rings. The molecule has 0 spiro atoms. The van der Waals surface area contributed by atoms with Crippen LogP contribution < -0.4 is 0 Å². The van der Waals surface area contributed by atoms with Gasteiger partial charge in [0.25, 0.3) is 0 Å². The molecule has 4 rings (SSSR count). The molecule has 0 aromatic rings. The maximum atomic E-state index is 6.73. The number of alkyl halides is 5. The third-order valence-electron chi connectivity index (χ3n) is 5.16. The van der Waals surface area contributed by atoms with E-state index in [0.29, 0.717) is 16.9 Å². The van der Waals surface area contributed by atoms with Gasteiger partial charge in [0.15, 0.2) is 4.33 Å². The van der Waals surface area contributed by atoms with Gasteiger partial charge in [-0.3, -0.25) is 0 Å². The molecule has 0 heterocycles. The Kier molecular flexibility index (Phi) is 2.54. The summed E-state index contributed by atoms with van der Waals surface area (Å²) in [6.45, 7) is 0. The topological polar surface area (TPSA) is 0 Å². The van der Waals surface area contributed by atoms with Crippen molar-refractivity contribution in [3.63, 3.8) is 0 Å². The molecular weight excluding hydrogens is 380 g/mol. The summed E-state index contributed by atoms with van der Waals surface area (Å²) >= 11 is 45.5. The molecule has 4 aliphatic carbocycles. The summed E-state index contributed by atoms with van der Waals surface area (Å²) in [6.07, 6.45) is 1.04. The average Bonchev–Trinajstić information content (AvgIpc) is 2.98. The lowest BCUT2D eigenvalue weighted by atomic mass is 9.81. The number of halogens is 7. The van der Waals surface area contributed by atoms with E-state index in [2.05, 4.69) is 0 Å². The molecular formula is C11H7Cl7. The number of hydrogen-bond donors (Lipinski definition) is 0. The predicted molar refractivity (Wildman–Crippen MR) is 78.6 cm³/mol. The fourth-order valence-corrected chi connectivity index (χ4v) is 8.14. The van der Waals surface area contributed by atoms with Crippen LogP contribution in [-0.2, 0) is 0 Å². The third kappa shape index (κ3) is 1.03. The highest BCUT2D eigenvalue weighted by Crippen LogP contribution is 2.84. The second-order valence-corrected chi connectivity index (χ2v) is 9.46. The van der Waals surface area contributed by atoms with Gasteiger partial charge in [-0.1, -0.05) is 46.4 Å². The Hall–Kier alpha value is 1.77. The quantitative estimate of drug-likeness (QED) is 0.494. The van der Waals surface area contributed by atoms with Crippen molar-refractivity contribution in [3.05, 3.63) is 10.1 Å². The Morgan fingerprint density at radius 1 is 0.833 bits per heavy atom. The van der Waals surface area contributed by atoms with Gasteiger partial charge in [-0.2, -0.15) is 0 Å². The Morgan fingerprint density at radius 2 is 1.33 bits per heavy atom. The van der Waals surface area contributed by atoms with E-state index >= 15 is 0 Å². The number of rotatable bonds is 0. The minimum Gasteiger partial charge on any atom is -0.122 e. The standard InChI is InChI=1S/C11H7Cl7/c12-6-3-1-2(3)4-5(6)10(16)8(14)7(13)9(4,15)11(10,17)18/h2-6H,1H2/t2-,3+,4+,5+,6+,9+,10-/m0/s1. The van der Waals surface area contributed by atoms with Crippen LogP contribution in [0.3, 0.4) is 0 Å². The molecule has 0 amide bonds. The van der Waals surface area contributed by atoms with Crippen molar-refractivity contribution in [2.24, 2.45) is 23.7 Å². The summed E-state index contributed by atoms with van der Waals surface area (Å²) < 4.78 is -1.42. The van der Waals surface area contributed by atoms with Gasteiger partial charge in [0, 0.05) is 11.3 Å².